The van der Waals surface area contributed by atoms with Crippen LogP contribution in [0.3, 0.4) is 0 Å². The summed E-state index contributed by atoms with van der Waals surface area (Å²) in [7, 11) is 0. The van der Waals surface area contributed by atoms with Gasteiger partial charge in [-0.2, -0.15) is 0 Å². The van der Waals surface area contributed by atoms with E-state index in [4.69, 9.17) is 23.2 Å². The third kappa shape index (κ3) is 4.31. The molecule has 1 heterocycles. The third-order valence-corrected chi connectivity index (χ3v) is 5.41. The van der Waals surface area contributed by atoms with Gasteiger partial charge in [0.2, 0.25) is 11.8 Å². The normalized spacial score (nSPS) is 16.5. The van der Waals surface area contributed by atoms with Crippen LogP contribution in [0.5, 0.6) is 0 Å². The van der Waals surface area contributed by atoms with Gasteiger partial charge in [-0.05, 0) is 25.1 Å². The summed E-state index contributed by atoms with van der Waals surface area (Å²) in [5.41, 5.74) is 0. The first-order valence-corrected chi connectivity index (χ1v) is 8.68. The van der Waals surface area contributed by atoms with Crippen molar-refractivity contribution < 1.29 is 9.59 Å². The van der Waals surface area contributed by atoms with Gasteiger partial charge in [-0.3, -0.25) is 9.59 Å². The van der Waals surface area contributed by atoms with Crippen LogP contribution in [0.4, 0.5) is 0 Å². The molecule has 1 aliphatic rings. The van der Waals surface area contributed by atoms with Crippen LogP contribution in [-0.4, -0.2) is 53.0 Å². The second-order valence-electron chi connectivity index (χ2n) is 5.17. The number of nitrogens with zero attached hydrogens (tertiary/aromatic N) is 2. The van der Waals surface area contributed by atoms with Crippen LogP contribution in [0, 0.1) is 0 Å². The van der Waals surface area contributed by atoms with E-state index in [1.807, 2.05) is 6.92 Å². The first kappa shape index (κ1) is 17.4. The molecule has 0 aliphatic carbocycles. The zero-order valence-corrected chi connectivity index (χ0v) is 14.8. The largest absolute Gasteiger partial charge is 0.339 e. The van der Waals surface area contributed by atoms with Crippen LogP contribution < -0.4 is 0 Å². The predicted octanol–water partition coefficient (Wildman–Crippen LogP) is 3.16. The molecule has 22 heavy (non-hydrogen) atoms. The summed E-state index contributed by atoms with van der Waals surface area (Å²) in [6.07, 6.45) is 0. The molecule has 1 aromatic rings. The Morgan fingerprint density at radius 1 is 1.14 bits per heavy atom. The molecule has 2 amide bonds. The van der Waals surface area contributed by atoms with Crippen molar-refractivity contribution >= 4 is 46.8 Å². The zero-order chi connectivity index (χ0) is 16.3. The number of thioether (sulfide) groups is 1. The van der Waals surface area contributed by atoms with Gasteiger partial charge >= 0.3 is 0 Å². The highest BCUT2D eigenvalue weighted by atomic mass is 35.5. The van der Waals surface area contributed by atoms with Gasteiger partial charge in [0.25, 0.3) is 0 Å². The van der Waals surface area contributed by atoms with Crippen molar-refractivity contribution in [2.45, 2.75) is 24.0 Å². The van der Waals surface area contributed by atoms with E-state index in [0.29, 0.717) is 36.2 Å². The average molecular weight is 361 g/mol. The monoisotopic (exact) mass is 360 g/mol. The Hall–Kier alpha value is -0.910. The summed E-state index contributed by atoms with van der Waals surface area (Å²) in [5.74, 6) is 0.115. The molecular formula is C15H18Cl2N2O2S. The topological polar surface area (TPSA) is 40.6 Å². The van der Waals surface area contributed by atoms with Gasteiger partial charge in [0.15, 0.2) is 0 Å². The minimum absolute atomic E-state index is 0.0558. The molecule has 1 aromatic carbocycles. The lowest BCUT2D eigenvalue weighted by Gasteiger charge is -2.35. The van der Waals surface area contributed by atoms with Gasteiger partial charge in [-0.15, -0.1) is 11.8 Å². The average Bonchev–Trinajstić information content (AvgIpc) is 2.50. The SMILES string of the molecule is CC(=O)N1CCN(C(=O)C(C)Sc2cc(Cl)ccc2Cl)CC1. The van der Waals surface area contributed by atoms with Crippen molar-refractivity contribution in [2.24, 2.45) is 0 Å². The van der Waals surface area contributed by atoms with Crippen molar-refractivity contribution in [1.82, 2.24) is 9.80 Å². The van der Waals surface area contributed by atoms with E-state index in [0.717, 1.165) is 4.90 Å². The number of carbonyl (C=O) groups excluding carboxylic acids is 2. The lowest BCUT2D eigenvalue weighted by Crippen LogP contribution is -2.51. The van der Waals surface area contributed by atoms with E-state index in [2.05, 4.69) is 0 Å². The molecule has 7 heteroatoms. The molecule has 0 saturated carbocycles. The molecule has 1 atom stereocenters. The minimum atomic E-state index is -0.250. The molecule has 4 nitrogen and oxygen atoms in total. The van der Waals surface area contributed by atoms with E-state index >= 15 is 0 Å². The molecule has 1 aliphatic heterocycles. The summed E-state index contributed by atoms with van der Waals surface area (Å²) in [5, 5.41) is 0.942. The summed E-state index contributed by atoms with van der Waals surface area (Å²) < 4.78 is 0. The van der Waals surface area contributed by atoms with Crippen molar-refractivity contribution in [3.05, 3.63) is 28.2 Å². The summed E-state index contributed by atoms with van der Waals surface area (Å²) in [4.78, 5) is 28.2. The number of rotatable bonds is 3. The second-order valence-corrected chi connectivity index (χ2v) is 7.39. The van der Waals surface area contributed by atoms with E-state index in [9.17, 15) is 9.59 Å². The van der Waals surface area contributed by atoms with Crippen molar-refractivity contribution in [2.75, 3.05) is 26.2 Å². The first-order chi connectivity index (χ1) is 10.4. The maximum atomic E-state index is 12.5. The standard InChI is InChI=1S/C15H18Cl2N2O2S/c1-10(22-14-9-12(16)3-4-13(14)17)15(21)19-7-5-18(6-8-19)11(2)20/h3-4,9-10H,5-8H2,1-2H3. The van der Waals surface area contributed by atoms with Crippen LogP contribution in [0.25, 0.3) is 0 Å². The first-order valence-electron chi connectivity index (χ1n) is 7.04. The summed E-state index contributed by atoms with van der Waals surface area (Å²) in [6.45, 7) is 5.75. The van der Waals surface area contributed by atoms with Crippen molar-refractivity contribution in [1.29, 1.82) is 0 Å². The number of benzene rings is 1. The van der Waals surface area contributed by atoms with Crippen LogP contribution in [-0.2, 0) is 9.59 Å². The van der Waals surface area contributed by atoms with Crippen molar-refractivity contribution in [3.63, 3.8) is 0 Å². The van der Waals surface area contributed by atoms with Crippen molar-refractivity contribution in [3.8, 4) is 0 Å². The fourth-order valence-electron chi connectivity index (χ4n) is 2.31. The Kier molecular flexibility index (Phi) is 6.01. The number of piperazine rings is 1. The fourth-order valence-corrected chi connectivity index (χ4v) is 3.80. The number of amides is 2. The lowest BCUT2D eigenvalue weighted by atomic mass is 10.3. The molecule has 2 rings (SSSR count). The minimum Gasteiger partial charge on any atom is -0.339 e. The molecule has 0 spiro atoms. The van der Waals surface area contributed by atoms with Gasteiger partial charge < -0.3 is 9.80 Å². The molecule has 120 valence electrons. The van der Waals surface area contributed by atoms with Crippen LogP contribution in [0.1, 0.15) is 13.8 Å². The van der Waals surface area contributed by atoms with E-state index in [1.54, 1.807) is 34.9 Å². The van der Waals surface area contributed by atoms with Crippen LogP contribution in [0.15, 0.2) is 23.1 Å². The molecule has 1 fully saturated rings. The molecular weight excluding hydrogens is 343 g/mol. The Morgan fingerprint density at radius 2 is 1.73 bits per heavy atom. The summed E-state index contributed by atoms with van der Waals surface area (Å²) in [6, 6.07) is 5.22. The highest BCUT2D eigenvalue weighted by molar-refractivity contribution is 8.00. The van der Waals surface area contributed by atoms with Gasteiger partial charge in [-0.25, -0.2) is 0 Å². The highest BCUT2D eigenvalue weighted by Gasteiger charge is 2.26. The molecule has 0 N–H and O–H groups in total. The maximum Gasteiger partial charge on any atom is 0.235 e. The lowest BCUT2D eigenvalue weighted by molar-refractivity contribution is -0.137. The Labute approximate surface area is 144 Å². The summed E-state index contributed by atoms with van der Waals surface area (Å²) >= 11 is 13.5. The van der Waals surface area contributed by atoms with E-state index < -0.39 is 0 Å². The van der Waals surface area contributed by atoms with Gasteiger partial charge in [0.05, 0.1) is 10.3 Å². The molecule has 0 aromatic heterocycles. The molecule has 1 unspecified atom stereocenters. The number of hydrogen-bond donors (Lipinski definition) is 0. The quantitative estimate of drug-likeness (QED) is 0.777. The highest BCUT2D eigenvalue weighted by Crippen LogP contribution is 2.33. The second kappa shape index (κ2) is 7.57. The zero-order valence-electron chi connectivity index (χ0n) is 12.5. The Balaban J connectivity index is 1.95. The van der Waals surface area contributed by atoms with Crippen LogP contribution >= 0.6 is 35.0 Å². The molecule has 0 radical (unpaired) electrons. The van der Waals surface area contributed by atoms with E-state index in [1.165, 1.54) is 11.8 Å². The number of hydrogen-bond acceptors (Lipinski definition) is 3. The van der Waals surface area contributed by atoms with Gasteiger partial charge in [0, 0.05) is 43.0 Å². The van der Waals surface area contributed by atoms with E-state index in [-0.39, 0.29) is 17.1 Å². The Morgan fingerprint density at radius 3 is 2.32 bits per heavy atom. The van der Waals surface area contributed by atoms with Gasteiger partial charge in [0.1, 0.15) is 0 Å². The van der Waals surface area contributed by atoms with Gasteiger partial charge in [-0.1, -0.05) is 23.2 Å². The number of halogens is 2. The fraction of sp³-hybridized carbons (Fsp3) is 0.467. The van der Waals surface area contributed by atoms with Crippen LogP contribution in [0.2, 0.25) is 10.0 Å². The number of carbonyl (C=O) groups is 2. The molecule has 1 saturated heterocycles. The Bertz CT molecular complexity index is 575. The predicted molar refractivity (Wildman–Crippen MR) is 90.6 cm³/mol. The molecule has 0 bridgehead atoms. The smallest absolute Gasteiger partial charge is 0.235 e. The maximum absolute atomic E-state index is 12.5. The third-order valence-electron chi connectivity index (χ3n) is 3.58.